The van der Waals surface area contributed by atoms with Gasteiger partial charge in [-0.05, 0) is 80.2 Å². The number of amides is 2. The van der Waals surface area contributed by atoms with Gasteiger partial charge in [-0.3, -0.25) is 14.5 Å². The van der Waals surface area contributed by atoms with Gasteiger partial charge < -0.3 is 14.8 Å². The quantitative estimate of drug-likeness (QED) is 0.426. The molecule has 2 saturated heterocycles. The van der Waals surface area contributed by atoms with Crippen molar-refractivity contribution in [2.24, 2.45) is 5.92 Å². The normalized spacial score (nSPS) is 18.1. The Morgan fingerprint density at radius 3 is 2.60 bits per heavy atom. The summed E-state index contributed by atoms with van der Waals surface area (Å²) < 4.78 is 1.99. The van der Waals surface area contributed by atoms with Crippen molar-refractivity contribution in [2.75, 3.05) is 18.0 Å². The zero-order valence-electron chi connectivity index (χ0n) is 20.4. The second-order valence-electron chi connectivity index (χ2n) is 9.69. The van der Waals surface area contributed by atoms with Crippen molar-refractivity contribution in [3.63, 3.8) is 0 Å². The van der Waals surface area contributed by atoms with E-state index in [4.69, 9.17) is 12.2 Å². The van der Waals surface area contributed by atoms with E-state index in [9.17, 15) is 9.59 Å². The highest BCUT2D eigenvalue weighted by Gasteiger charge is 2.32. The zero-order valence-corrected chi connectivity index (χ0v) is 21.2. The van der Waals surface area contributed by atoms with Crippen LogP contribution >= 0.6 is 12.2 Å². The first kappa shape index (κ1) is 23.3. The molecule has 0 atom stereocenters. The van der Waals surface area contributed by atoms with Crippen LogP contribution in [0.25, 0.3) is 17.0 Å². The molecule has 35 heavy (non-hydrogen) atoms. The minimum atomic E-state index is -0.186. The average molecular weight is 487 g/mol. The number of fused-ring (bicyclic) bond motifs is 1. The van der Waals surface area contributed by atoms with Gasteiger partial charge in [-0.1, -0.05) is 31.2 Å². The smallest absolute Gasteiger partial charge is 0.281 e. The Morgan fingerprint density at radius 1 is 1.11 bits per heavy atom. The number of nitrogens with one attached hydrogen (secondary N) is 1. The maximum atomic E-state index is 13.3. The van der Waals surface area contributed by atoms with Crippen molar-refractivity contribution in [1.29, 1.82) is 0 Å². The molecule has 2 aromatic carbocycles. The van der Waals surface area contributed by atoms with Crippen molar-refractivity contribution >= 4 is 51.8 Å². The lowest BCUT2D eigenvalue weighted by Crippen LogP contribution is -2.39. The van der Waals surface area contributed by atoms with Crippen LogP contribution in [0.15, 0.2) is 54.4 Å². The van der Waals surface area contributed by atoms with Crippen LogP contribution in [0.1, 0.15) is 36.5 Å². The summed E-state index contributed by atoms with van der Waals surface area (Å²) in [7, 11) is 0. The minimum Gasteiger partial charge on any atom is -0.341 e. The molecule has 1 N–H and O–H groups in total. The van der Waals surface area contributed by atoms with Gasteiger partial charge in [0.25, 0.3) is 5.91 Å². The summed E-state index contributed by atoms with van der Waals surface area (Å²) in [5, 5.41) is 4.44. The first-order valence-corrected chi connectivity index (χ1v) is 12.5. The summed E-state index contributed by atoms with van der Waals surface area (Å²) in [6.07, 6.45) is 5.90. The Bertz CT molecular complexity index is 1360. The molecular weight excluding hydrogens is 456 g/mol. The van der Waals surface area contributed by atoms with E-state index in [0.717, 1.165) is 59.2 Å². The fraction of sp³-hybridized carbons (Fsp3) is 0.321. The number of likely N-dealkylation sites (tertiary alicyclic amines) is 1. The van der Waals surface area contributed by atoms with Crippen LogP contribution < -0.4 is 10.2 Å². The lowest BCUT2D eigenvalue weighted by Gasteiger charge is -2.30. The summed E-state index contributed by atoms with van der Waals surface area (Å²) in [5.74, 6) is 0.623. The van der Waals surface area contributed by atoms with Gasteiger partial charge in [-0.15, -0.1) is 0 Å². The molecule has 7 heteroatoms. The highest BCUT2D eigenvalue weighted by Crippen LogP contribution is 2.28. The number of aryl methyl sites for hydroxylation is 2. The van der Waals surface area contributed by atoms with Crippen molar-refractivity contribution in [3.05, 3.63) is 71.0 Å². The number of nitrogens with zero attached hydrogens (tertiary/aromatic N) is 3. The van der Waals surface area contributed by atoms with Gasteiger partial charge in [0.15, 0.2) is 5.11 Å². The van der Waals surface area contributed by atoms with Gasteiger partial charge in [0.2, 0.25) is 5.91 Å². The van der Waals surface area contributed by atoms with Gasteiger partial charge in [-0.2, -0.15) is 0 Å². The maximum Gasteiger partial charge on any atom is 0.281 e. The van der Waals surface area contributed by atoms with E-state index in [0.29, 0.717) is 16.7 Å². The molecule has 0 radical (unpaired) electrons. The summed E-state index contributed by atoms with van der Waals surface area (Å²) in [5.41, 5.74) is 5.29. The molecule has 2 aliphatic rings. The second-order valence-corrected chi connectivity index (χ2v) is 10.1. The first-order chi connectivity index (χ1) is 16.8. The Morgan fingerprint density at radius 2 is 1.86 bits per heavy atom. The van der Waals surface area contributed by atoms with Gasteiger partial charge in [0.05, 0.1) is 5.69 Å². The van der Waals surface area contributed by atoms with Crippen LogP contribution in [-0.4, -0.2) is 39.5 Å². The SMILES string of the molecule is Cc1ccc(N2C(=O)/C(=C/c3cn(CC(=O)N4CCC(C)CC4)c4ccccc34)NC2=S)cc1C. The van der Waals surface area contributed by atoms with E-state index < -0.39 is 0 Å². The molecule has 0 bridgehead atoms. The van der Waals surface area contributed by atoms with Crippen molar-refractivity contribution in [2.45, 2.75) is 40.2 Å². The molecule has 3 heterocycles. The van der Waals surface area contributed by atoms with Crippen molar-refractivity contribution in [1.82, 2.24) is 14.8 Å². The van der Waals surface area contributed by atoms with Crippen LogP contribution in [0.2, 0.25) is 0 Å². The number of carbonyl (C=O) groups excluding carboxylic acids is 2. The fourth-order valence-electron chi connectivity index (χ4n) is 4.81. The van der Waals surface area contributed by atoms with E-state index in [2.05, 4.69) is 12.2 Å². The topological polar surface area (TPSA) is 57.6 Å². The molecule has 5 rings (SSSR count). The molecule has 1 aromatic heterocycles. The standard InChI is InChI=1S/C28H30N4O2S/c1-18-10-12-30(13-11-18)26(33)17-31-16-21(23-6-4-5-7-25(23)31)15-24-27(34)32(28(35)29-24)22-9-8-19(2)20(3)14-22/h4-9,14-16,18H,10-13,17H2,1-3H3,(H,29,35)/b24-15-. The number of hydrogen-bond donors (Lipinski definition) is 1. The Balaban J connectivity index is 1.44. The number of anilines is 1. The molecule has 0 unspecified atom stereocenters. The molecular formula is C28H30N4O2S. The highest BCUT2D eigenvalue weighted by atomic mass is 32.1. The summed E-state index contributed by atoms with van der Waals surface area (Å²) in [4.78, 5) is 29.8. The van der Waals surface area contributed by atoms with Crippen molar-refractivity contribution in [3.8, 4) is 0 Å². The van der Waals surface area contributed by atoms with Crippen LogP contribution in [0, 0.1) is 19.8 Å². The molecule has 0 spiro atoms. The lowest BCUT2D eigenvalue weighted by atomic mass is 9.99. The molecule has 0 aliphatic carbocycles. The molecule has 6 nitrogen and oxygen atoms in total. The third kappa shape index (κ3) is 4.48. The van der Waals surface area contributed by atoms with Crippen LogP contribution in [0.3, 0.4) is 0 Å². The molecule has 2 aliphatic heterocycles. The van der Waals surface area contributed by atoms with Crippen LogP contribution in [0.5, 0.6) is 0 Å². The maximum absolute atomic E-state index is 13.3. The Hall–Kier alpha value is -3.45. The predicted octanol–water partition coefficient (Wildman–Crippen LogP) is 4.78. The van der Waals surface area contributed by atoms with E-state index in [-0.39, 0.29) is 18.4 Å². The van der Waals surface area contributed by atoms with E-state index in [1.165, 1.54) is 4.90 Å². The summed E-state index contributed by atoms with van der Waals surface area (Å²) in [6, 6.07) is 13.9. The van der Waals surface area contributed by atoms with Gasteiger partial charge >= 0.3 is 0 Å². The molecule has 2 fully saturated rings. The number of rotatable bonds is 4. The van der Waals surface area contributed by atoms with Gasteiger partial charge in [-0.25, -0.2) is 0 Å². The third-order valence-electron chi connectivity index (χ3n) is 7.19. The number of hydrogen-bond acceptors (Lipinski definition) is 3. The molecule has 2 amide bonds. The number of thiocarbonyl (C=S) groups is 1. The van der Waals surface area contributed by atoms with Crippen LogP contribution in [0.4, 0.5) is 5.69 Å². The fourth-order valence-corrected chi connectivity index (χ4v) is 5.11. The Labute approximate surface area is 211 Å². The van der Waals surface area contributed by atoms with Gasteiger partial charge in [0.1, 0.15) is 12.2 Å². The largest absolute Gasteiger partial charge is 0.341 e. The number of piperidine rings is 1. The van der Waals surface area contributed by atoms with E-state index in [1.54, 1.807) is 0 Å². The van der Waals surface area contributed by atoms with E-state index >= 15 is 0 Å². The van der Waals surface area contributed by atoms with Crippen molar-refractivity contribution < 1.29 is 9.59 Å². The number of para-hydroxylation sites is 1. The molecule has 3 aromatic rings. The van der Waals surface area contributed by atoms with E-state index in [1.807, 2.05) is 78.1 Å². The predicted molar refractivity (Wildman–Crippen MR) is 144 cm³/mol. The summed E-state index contributed by atoms with van der Waals surface area (Å²) >= 11 is 5.51. The van der Waals surface area contributed by atoms with Crippen LogP contribution in [-0.2, 0) is 16.1 Å². The zero-order chi connectivity index (χ0) is 24.7. The first-order valence-electron chi connectivity index (χ1n) is 12.1. The minimum absolute atomic E-state index is 0.133. The summed E-state index contributed by atoms with van der Waals surface area (Å²) in [6.45, 7) is 8.23. The highest BCUT2D eigenvalue weighted by molar-refractivity contribution is 7.80. The Kier molecular flexibility index (Phi) is 6.19. The molecule has 0 saturated carbocycles. The number of aromatic nitrogens is 1. The third-order valence-corrected chi connectivity index (χ3v) is 7.47. The van der Waals surface area contributed by atoms with Gasteiger partial charge in [0, 0.05) is 35.8 Å². The average Bonchev–Trinajstić information content (AvgIpc) is 3.32. The molecule has 180 valence electrons. The second kappa shape index (κ2) is 9.30. The number of benzene rings is 2. The number of carbonyl (C=O) groups is 2. The lowest BCUT2D eigenvalue weighted by molar-refractivity contribution is -0.133. The monoisotopic (exact) mass is 486 g/mol.